The second-order valence-electron chi connectivity index (χ2n) is 10.0. The third-order valence-electron chi connectivity index (χ3n) is 5.99. The van der Waals surface area contributed by atoms with Crippen LogP contribution in [-0.4, -0.2) is 24.7 Å². The number of nitrogens with zero attached hydrogens (tertiary/aromatic N) is 2. The second-order valence-corrected chi connectivity index (χ2v) is 10.0. The summed E-state index contributed by atoms with van der Waals surface area (Å²) in [5, 5.41) is 0. The molecule has 0 N–H and O–H groups in total. The highest BCUT2D eigenvalue weighted by atomic mass is 15.4. The van der Waals surface area contributed by atoms with Gasteiger partial charge in [0.25, 0.3) is 0 Å². The average molecular weight is 409 g/mol. The van der Waals surface area contributed by atoms with Crippen molar-refractivity contribution in [3.05, 3.63) is 65.4 Å². The van der Waals surface area contributed by atoms with E-state index in [4.69, 9.17) is 0 Å². The molecule has 0 radical (unpaired) electrons. The molecule has 1 aliphatic rings. The van der Waals surface area contributed by atoms with Gasteiger partial charge in [0.2, 0.25) is 0 Å². The summed E-state index contributed by atoms with van der Waals surface area (Å²) in [6, 6.07) is 6.89. The molecule has 1 fully saturated rings. The highest BCUT2D eigenvalue weighted by molar-refractivity contribution is 5.62. The minimum Gasteiger partial charge on any atom is -0.355 e. The normalized spacial score (nSPS) is 16.0. The predicted octanol–water partition coefficient (Wildman–Crippen LogP) is 7.71. The second kappa shape index (κ2) is 10.9. The van der Waals surface area contributed by atoms with Gasteiger partial charge in [0.05, 0.1) is 6.67 Å². The predicted molar refractivity (Wildman–Crippen MR) is 134 cm³/mol. The summed E-state index contributed by atoms with van der Waals surface area (Å²) in [5.41, 5.74) is 7.39. The van der Waals surface area contributed by atoms with Crippen LogP contribution in [0.2, 0.25) is 0 Å². The van der Waals surface area contributed by atoms with Crippen LogP contribution >= 0.6 is 0 Å². The largest absolute Gasteiger partial charge is 0.355 e. The quantitative estimate of drug-likeness (QED) is 0.386. The van der Waals surface area contributed by atoms with Crippen molar-refractivity contribution >= 4 is 5.69 Å². The van der Waals surface area contributed by atoms with E-state index in [0.29, 0.717) is 23.7 Å². The lowest BCUT2D eigenvalue weighted by atomic mass is 9.92. The molecule has 0 atom stereocenters. The fourth-order valence-electron chi connectivity index (χ4n) is 4.48. The minimum absolute atomic E-state index is 0.498. The van der Waals surface area contributed by atoms with E-state index in [9.17, 15) is 0 Å². The topological polar surface area (TPSA) is 6.48 Å². The van der Waals surface area contributed by atoms with Gasteiger partial charge in [-0.15, -0.1) is 0 Å². The molecule has 0 amide bonds. The van der Waals surface area contributed by atoms with E-state index in [1.807, 2.05) is 6.08 Å². The standard InChI is InChI=1S/C28H44N2/c1-10-11-13-24(21(4)5)27(18-20(2)3)29-16-17-30(19-29)28-25(22(6)7)14-12-15-26(28)23(8)9/h10-15,20-23H,1,16-19H2,2-9H3. The van der Waals surface area contributed by atoms with Crippen LogP contribution in [0, 0.1) is 11.8 Å². The molecular weight excluding hydrogens is 364 g/mol. The van der Waals surface area contributed by atoms with Crippen molar-refractivity contribution in [1.82, 2.24) is 4.90 Å². The van der Waals surface area contributed by atoms with Crippen molar-refractivity contribution in [3.8, 4) is 0 Å². The Morgan fingerprint density at radius 3 is 2.03 bits per heavy atom. The number of hydrogen-bond donors (Lipinski definition) is 0. The Morgan fingerprint density at radius 1 is 0.967 bits per heavy atom. The van der Waals surface area contributed by atoms with Gasteiger partial charge in [-0.05, 0) is 46.8 Å². The van der Waals surface area contributed by atoms with Gasteiger partial charge in [-0.2, -0.15) is 0 Å². The molecular formula is C28H44N2. The lowest BCUT2D eigenvalue weighted by molar-refractivity contribution is 0.382. The zero-order valence-corrected chi connectivity index (χ0v) is 20.7. The molecule has 1 aromatic rings. The smallest absolute Gasteiger partial charge is 0.0901 e. The first kappa shape index (κ1) is 24.3. The molecule has 0 saturated carbocycles. The molecule has 166 valence electrons. The van der Waals surface area contributed by atoms with E-state index < -0.39 is 0 Å². The van der Waals surface area contributed by atoms with Crippen LogP contribution in [0.4, 0.5) is 5.69 Å². The fourth-order valence-corrected chi connectivity index (χ4v) is 4.48. The van der Waals surface area contributed by atoms with Crippen molar-refractivity contribution < 1.29 is 0 Å². The monoisotopic (exact) mass is 408 g/mol. The van der Waals surface area contributed by atoms with Gasteiger partial charge in [-0.25, -0.2) is 0 Å². The summed E-state index contributed by atoms with van der Waals surface area (Å²) in [6.07, 6.45) is 7.37. The van der Waals surface area contributed by atoms with Crippen molar-refractivity contribution in [1.29, 1.82) is 0 Å². The molecule has 2 heteroatoms. The highest BCUT2D eigenvalue weighted by Crippen LogP contribution is 2.38. The van der Waals surface area contributed by atoms with Crippen molar-refractivity contribution in [2.24, 2.45) is 11.8 Å². The number of para-hydroxylation sites is 1. The van der Waals surface area contributed by atoms with Crippen LogP contribution in [0.3, 0.4) is 0 Å². The SMILES string of the molecule is C=CC=CC(=C(CC(C)C)N1CCN(c2c(C(C)C)cccc2C(C)C)C1)C(C)C. The number of benzene rings is 1. The molecule has 0 unspecified atom stereocenters. The van der Waals surface area contributed by atoms with Crippen molar-refractivity contribution in [2.45, 2.75) is 73.6 Å². The van der Waals surface area contributed by atoms with Gasteiger partial charge < -0.3 is 9.80 Å². The molecule has 0 spiro atoms. The summed E-state index contributed by atoms with van der Waals surface area (Å²) in [6.45, 7) is 25.6. The molecule has 30 heavy (non-hydrogen) atoms. The molecule has 1 saturated heterocycles. The molecule has 0 bridgehead atoms. The Balaban J connectivity index is 2.47. The van der Waals surface area contributed by atoms with Crippen molar-refractivity contribution in [2.75, 3.05) is 24.7 Å². The molecule has 0 aliphatic carbocycles. The van der Waals surface area contributed by atoms with Crippen LogP contribution in [0.15, 0.2) is 54.3 Å². The first-order valence-corrected chi connectivity index (χ1v) is 11.8. The summed E-state index contributed by atoms with van der Waals surface area (Å²) in [4.78, 5) is 5.25. The van der Waals surface area contributed by atoms with E-state index in [0.717, 1.165) is 26.2 Å². The Kier molecular flexibility index (Phi) is 8.82. The zero-order chi connectivity index (χ0) is 22.4. The first-order chi connectivity index (χ1) is 14.2. The first-order valence-electron chi connectivity index (χ1n) is 11.8. The maximum Gasteiger partial charge on any atom is 0.0901 e. The van der Waals surface area contributed by atoms with E-state index in [-0.39, 0.29) is 0 Å². The summed E-state index contributed by atoms with van der Waals surface area (Å²) >= 11 is 0. The van der Waals surface area contributed by atoms with Crippen molar-refractivity contribution in [3.63, 3.8) is 0 Å². The molecule has 2 rings (SSSR count). The number of allylic oxidation sites excluding steroid dienone is 5. The van der Waals surface area contributed by atoms with Crippen LogP contribution < -0.4 is 4.90 Å². The molecule has 0 aromatic heterocycles. The summed E-state index contributed by atoms with van der Waals surface area (Å²) in [5.74, 6) is 2.19. The van der Waals surface area contributed by atoms with Gasteiger partial charge >= 0.3 is 0 Å². The van der Waals surface area contributed by atoms with E-state index in [1.165, 1.54) is 28.1 Å². The van der Waals surface area contributed by atoms with Crippen LogP contribution in [0.5, 0.6) is 0 Å². The summed E-state index contributed by atoms with van der Waals surface area (Å²) < 4.78 is 0. The minimum atomic E-state index is 0.498. The van der Waals surface area contributed by atoms with E-state index in [2.05, 4.69) is 102 Å². The molecule has 2 nitrogen and oxygen atoms in total. The fraction of sp³-hybridized carbons (Fsp3) is 0.571. The van der Waals surface area contributed by atoms with Gasteiger partial charge in [-0.3, -0.25) is 0 Å². The molecule has 1 aromatic carbocycles. The Morgan fingerprint density at radius 2 is 1.57 bits per heavy atom. The maximum atomic E-state index is 3.88. The van der Waals surface area contributed by atoms with E-state index in [1.54, 1.807) is 0 Å². The highest BCUT2D eigenvalue weighted by Gasteiger charge is 2.28. The maximum absolute atomic E-state index is 3.88. The lowest BCUT2D eigenvalue weighted by Crippen LogP contribution is -2.28. The lowest BCUT2D eigenvalue weighted by Gasteiger charge is -2.31. The third-order valence-corrected chi connectivity index (χ3v) is 5.99. The van der Waals surface area contributed by atoms with Gasteiger partial charge in [0.1, 0.15) is 0 Å². The van der Waals surface area contributed by atoms with Gasteiger partial charge in [-0.1, -0.05) is 98.4 Å². The van der Waals surface area contributed by atoms with Crippen LogP contribution in [-0.2, 0) is 0 Å². The van der Waals surface area contributed by atoms with Crippen LogP contribution in [0.25, 0.3) is 0 Å². The van der Waals surface area contributed by atoms with Gasteiger partial charge in [0, 0.05) is 24.5 Å². The van der Waals surface area contributed by atoms with E-state index >= 15 is 0 Å². The Labute approximate surface area is 186 Å². The number of anilines is 1. The molecule has 1 aliphatic heterocycles. The third kappa shape index (κ3) is 5.80. The number of rotatable bonds is 9. The Hall–Kier alpha value is -1.96. The Bertz CT molecular complexity index is 739. The van der Waals surface area contributed by atoms with Crippen LogP contribution in [0.1, 0.15) is 84.8 Å². The average Bonchev–Trinajstić information content (AvgIpc) is 3.15. The summed E-state index contributed by atoms with van der Waals surface area (Å²) in [7, 11) is 0. The molecule has 1 heterocycles. The van der Waals surface area contributed by atoms with Gasteiger partial charge in [0.15, 0.2) is 0 Å². The number of hydrogen-bond acceptors (Lipinski definition) is 2. The zero-order valence-electron chi connectivity index (χ0n) is 20.7.